The van der Waals surface area contributed by atoms with E-state index in [4.69, 9.17) is 5.11 Å². The van der Waals surface area contributed by atoms with Gasteiger partial charge in [0, 0.05) is 22.8 Å². The van der Waals surface area contributed by atoms with E-state index in [0.29, 0.717) is 6.42 Å². The van der Waals surface area contributed by atoms with Crippen molar-refractivity contribution < 1.29 is 5.11 Å². The second kappa shape index (κ2) is 4.94. The molecule has 1 aromatic heterocycles. The minimum Gasteiger partial charge on any atom is -0.396 e. The third kappa shape index (κ3) is 3.80. The summed E-state index contributed by atoms with van der Waals surface area (Å²) in [6.07, 6.45) is 2.48. The quantitative estimate of drug-likeness (QED) is 0.886. The van der Waals surface area contributed by atoms with E-state index in [1.165, 1.54) is 0 Å². The van der Waals surface area contributed by atoms with Crippen molar-refractivity contribution in [1.82, 2.24) is 4.98 Å². The Morgan fingerprint density at radius 3 is 2.73 bits per heavy atom. The fourth-order valence-corrected chi connectivity index (χ4v) is 1.51. The van der Waals surface area contributed by atoms with Crippen LogP contribution in [0.3, 0.4) is 0 Å². The van der Waals surface area contributed by atoms with Crippen LogP contribution in [0.1, 0.15) is 25.8 Å². The third-order valence-electron chi connectivity index (χ3n) is 2.25. The largest absolute Gasteiger partial charge is 0.396 e. The standard InChI is InChI=1S/C11H17BrN2O/c1-8-6-10(13-7-9(8)12)14-11(2,3)4-5-15/h6-7,15H,4-5H2,1-3H3,(H,13,14). The molecule has 0 aromatic carbocycles. The Morgan fingerprint density at radius 1 is 1.53 bits per heavy atom. The minimum atomic E-state index is -0.137. The van der Waals surface area contributed by atoms with E-state index in [1.807, 2.05) is 26.8 Å². The highest BCUT2D eigenvalue weighted by molar-refractivity contribution is 9.10. The first-order valence-corrected chi connectivity index (χ1v) is 5.75. The molecule has 84 valence electrons. The number of pyridine rings is 1. The smallest absolute Gasteiger partial charge is 0.126 e. The highest BCUT2D eigenvalue weighted by Crippen LogP contribution is 2.20. The van der Waals surface area contributed by atoms with Gasteiger partial charge in [-0.25, -0.2) is 4.98 Å². The molecule has 0 atom stereocenters. The van der Waals surface area contributed by atoms with E-state index in [1.54, 1.807) is 6.20 Å². The minimum absolute atomic E-state index is 0.137. The van der Waals surface area contributed by atoms with Crippen molar-refractivity contribution in [3.05, 3.63) is 22.3 Å². The average molecular weight is 273 g/mol. The number of aromatic nitrogens is 1. The zero-order valence-electron chi connectivity index (χ0n) is 9.34. The molecule has 1 heterocycles. The van der Waals surface area contributed by atoms with Crippen molar-refractivity contribution in [2.75, 3.05) is 11.9 Å². The van der Waals surface area contributed by atoms with Crippen LogP contribution in [0.4, 0.5) is 5.82 Å². The topological polar surface area (TPSA) is 45.1 Å². The molecule has 0 radical (unpaired) electrons. The zero-order chi connectivity index (χ0) is 11.5. The Morgan fingerprint density at radius 2 is 2.20 bits per heavy atom. The summed E-state index contributed by atoms with van der Waals surface area (Å²) in [5, 5.41) is 12.2. The first-order valence-electron chi connectivity index (χ1n) is 4.96. The van der Waals surface area contributed by atoms with Gasteiger partial charge in [0.1, 0.15) is 5.82 Å². The van der Waals surface area contributed by atoms with Gasteiger partial charge in [-0.3, -0.25) is 0 Å². The predicted molar refractivity (Wildman–Crippen MR) is 66.1 cm³/mol. The molecule has 0 spiro atoms. The molecular formula is C11H17BrN2O. The van der Waals surface area contributed by atoms with Gasteiger partial charge < -0.3 is 10.4 Å². The molecular weight excluding hydrogens is 256 g/mol. The van der Waals surface area contributed by atoms with Crippen LogP contribution in [0, 0.1) is 6.92 Å². The van der Waals surface area contributed by atoms with Crippen molar-refractivity contribution in [1.29, 1.82) is 0 Å². The number of hydrogen-bond acceptors (Lipinski definition) is 3. The van der Waals surface area contributed by atoms with E-state index in [0.717, 1.165) is 15.9 Å². The average Bonchev–Trinajstić information content (AvgIpc) is 2.10. The van der Waals surface area contributed by atoms with Crippen molar-refractivity contribution >= 4 is 21.7 Å². The number of nitrogens with one attached hydrogen (secondary N) is 1. The molecule has 3 nitrogen and oxygen atoms in total. The summed E-state index contributed by atoms with van der Waals surface area (Å²) in [7, 11) is 0. The Labute approximate surface area is 99.1 Å². The van der Waals surface area contributed by atoms with Crippen molar-refractivity contribution in [3.8, 4) is 0 Å². The summed E-state index contributed by atoms with van der Waals surface area (Å²) in [5.74, 6) is 0.842. The van der Waals surface area contributed by atoms with Crippen LogP contribution >= 0.6 is 15.9 Å². The maximum atomic E-state index is 8.91. The summed E-state index contributed by atoms with van der Waals surface area (Å²) in [4.78, 5) is 4.27. The first-order chi connectivity index (χ1) is 6.94. The number of aliphatic hydroxyl groups excluding tert-OH is 1. The number of rotatable bonds is 4. The lowest BCUT2D eigenvalue weighted by molar-refractivity contribution is 0.260. The van der Waals surface area contributed by atoms with Crippen LogP contribution in [0.5, 0.6) is 0 Å². The van der Waals surface area contributed by atoms with Gasteiger partial charge in [0.05, 0.1) is 0 Å². The monoisotopic (exact) mass is 272 g/mol. The molecule has 15 heavy (non-hydrogen) atoms. The normalized spacial score (nSPS) is 11.5. The molecule has 0 aliphatic rings. The second-order valence-electron chi connectivity index (χ2n) is 4.30. The Hall–Kier alpha value is -0.610. The fourth-order valence-electron chi connectivity index (χ4n) is 1.30. The van der Waals surface area contributed by atoms with Gasteiger partial charge in [0.2, 0.25) is 0 Å². The van der Waals surface area contributed by atoms with Gasteiger partial charge in [0.15, 0.2) is 0 Å². The van der Waals surface area contributed by atoms with Gasteiger partial charge in [-0.15, -0.1) is 0 Å². The number of nitrogens with zero attached hydrogens (tertiary/aromatic N) is 1. The van der Waals surface area contributed by atoms with Gasteiger partial charge in [-0.2, -0.15) is 0 Å². The Bertz CT molecular complexity index is 339. The van der Waals surface area contributed by atoms with Gasteiger partial charge in [-0.1, -0.05) is 0 Å². The highest BCUT2D eigenvalue weighted by Gasteiger charge is 2.17. The number of aryl methyl sites for hydroxylation is 1. The fraction of sp³-hybridized carbons (Fsp3) is 0.545. The SMILES string of the molecule is Cc1cc(NC(C)(C)CCO)ncc1Br. The van der Waals surface area contributed by atoms with Gasteiger partial charge >= 0.3 is 0 Å². The van der Waals surface area contributed by atoms with Crippen molar-refractivity contribution in [3.63, 3.8) is 0 Å². The molecule has 0 unspecified atom stereocenters. The second-order valence-corrected chi connectivity index (χ2v) is 5.16. The summed E-state index contributed by atoms with van der Waals surface area (Å²) in [6, 6.07) is 1.99. The Kier molecular flexibility index (Phi) is 4.11. The van der Waals surface area contributed by atoms with E-state index < -0.39 is 0 Å². The number of hydrogen-bond donors (Lipinski definition) is 2. The highest BCUT2D eigenvalue weighted by atomic mass is 79.9. The summed E-state index contributed by atoms with van der Waals surface area (Å²) in [5.41, 5.74) is 1.01. The van der Waals surface area contributed by atoms with Crippen LogP contribution < -0.4 is 5.32 Å². The number of aliphatic hydroxyl groups is 1. The Balaban J connectivity index is 2.76. The number of anilines is 1. The molecule has 0 aliphatic carbocycles. The van der Waals surface area contributed by atoms with E-state index in [2.05, 4.69) is 26.2 Å². The lowest BCUT2D eigenvalue weighted by Gasteiger charge is -2.26. The lowest BCUT2D eigenvalue weighted by Crippen LogP contribution is -2.32. The third-order valence-corrected chi connectivity index (χ3v) is 3.08. The van der Waals surface area contributed by atoms with E-state index in [9.17, 15) is 0 Å². The maximum Gasteiger partial charge on any atom is 0.126 e. The number of halogens is 1. The van der Waals surface area contributed by atoms with E-state index in [-0.39, 0.29) is 12.1 Å². The van der Waals surface area contributed by atoms with Crippen LogP contribution in [-0.2, 0) is 0 Å². The zero-order valence-corrected chi connectivity index (χ0v) is 10.9. The molecule has 0 fully saturated rings. The van der Waals surface area contributed by atoms with Crippen LogP contribution in [0.15, 0.2) is 16.7 Å². The molecule has 0 bridgehead atoms. The molecule has 4 heteroatoms. The molecule has 0 amide bonds. The van der Waals surface area contributed by atoms with Crippen molar-refractivity contribution in [2.24, 2.45) is 0 Å². The molecule has 0 saturated carbocycles. The molecule has 0 saturated heterocycles. The molecule has 1 aromatic rings. The van der Waals surface area contributed by atoms with Gasteiger partial charge in [0.25, 0.3) is 0 Å². The molecule has 1 rings (SSSR count). The van der Waals surface area contributed by atoms with Crippen LogP contribution in [0.2, 0.25) is 0 Å². The molecule has 0 aliphatic heterocycles. The lowest BCUT2D eigenvalue weighted by atomic mass is 10.0. The van der Waals surface area contributed by atoms with Gasteiger partial charge in [-0.05, 0) is 54.8 Å². The predicted octanol–water partition coefficient (Wildman–Crippen LogP) is 2.73. The van der Waals surface area contributed by atoms with E-state index >= 15 is 0 Å². The molecule has 2 N–H and O–H groups in total. The van der Waals surface area contributed by atoms with Crippen LogP contribution in [0.25, 0.3) is 0 Å². The van der Waals surface area contributed by atoms with Crippen molar-refractivity contribution in [2.45, 2.75) is 32.7 Å². The first kappa shape index (κ1) is 12.5. The summed E-state index contributed by atoms with van der Waals surface area (Å²) in [6.45, 7) is 6.29. The summed E-state index contributed by atoms with van der Waals surface area (Å²) < 4.78 is 1.01. The van der Waals surface area contributed by atoms with Crippen LogP contribution in [-0.4, -0.2) is 22.2 Å². The summed E-state index contributed by atoms with van der Waals surface area (Å²) >= 11 is 3.41. The maximum absolute atomic E-state index is 8.91.